The summed E-state index contributed by atoms with van der Waals surface area (Å²) in [6.07, 6.45) is 8.85. The second-order valence-electron chi connectivity index (χ2n) is 7.07. The van der Waals surface area contributed by atoms with Gasteiger partial charge in [0, 0.05) is 24.3 Å². The summed E-state index contributed by atoms with van der Waals surface area (Å²) in [7, 11) is 0. The van der Waals surface area contributed by atoms with Crippen LogP contribution in [-0.4, -0.2) is 18.6 Å². The molecule has 1 fully saturated rings. The van der Waals surface area contributed by atoms with E-state index in [2.05, 4.69) is 36.1 Å². The van der Waals surface area contributed by atoms with E-state index in [-0.39, 0.29) is 5.54 Å². The average molecular weight is 272 g/mol. The van der Waals surface area contributed by atoms with Crippen LogP contribution in [0.2, 0.25) is 0 Å². The number of nitrogens with zero attached hydrogens (tertiary/aromatic N) is 1. The smallest absolute Gasteiger partial charge is 0.0399 e. The first-order valence-corrected chi connectivity index (χ1v) is 8.28. The van der Waals surface area contributed by atoms with E-state index in [1.165, 1.54) is 62.7 Å². The van der Waals surface area contributed by atoms with Gasteiger partial charge in [0.2, 0.25) is 0 Å². The molecule has 110 valence electrons. The Morgan fingerprint density at radius 2 is 2.10 bits per heavy atom. The fraction of sp³-hybridized carbons (Fsp3) is 0.667. The van der Waals surface area contributed by atoms with Crippen molar-refractivity contribution in [3.05, 3.63) is 29.8 Å². The number of fused-ring (bicyclic) bond motifs is 1. The third-order valence-electron chi connectivity index (χ3n) is 5.09. The third kappa shape index (κ3) is 3.01. The van der Waals surface area contributed by atoms with Crippen molar-refractivity contribution in [1.29, 1.82) is 0 Å². The van der Waals surface area contributed by atoms with Crippen molar-refractivity contribution in [2.45, 2.75) is 57.4 Å². The van der Waals surface area contributed by atoms with Gasteiger partial charge >= 0.3 is 0 Å². The summed E-state index contributed by atoms with van der Waals surface area (Å²) >= 11 is 0. The maximum atomic E-state index is 6.75. The molecule has 0 amide bonds. The number of rotatable bonds is 2. The molecule has 2 N–H and O–H groups in total. The zero-order valence-electron chi connectivity index (χ0n) is 12.8. The van der Waals surface area contributed by atoms with Gasteiger partial charge in [-0.3, -0.25) is 0 Å². The van der Waals surface area contributed by atoms with E-state index in [0.717, 1.165) is 12.5 Å². The standard InChI is InChI=1S/C18H28N2/c1-15-7-6-11-18(19,13-15)14-20-12-5-4-9-16-8-2-3-10-17(16)20/h2-3,8,10,15H,4-7,9,11-14,19H2,1H3. The van der Waals surface area contributed by atoms with Crippen molar-refractivity contribution < 1.29 is 0 Å². The quantitative estimate of drug-likeness (QED) is 0.888. The monoisotopic (exact) mass is 272 g/mol. The Bertz CT molecular complexity index is 456. The first-order chi connectivity index (χ1) is 9.66. The SMILES string of the molecule is CC1CCCC(N)(CN2CCCCc3ccccc32)C1. The van der Waals surface area contributed by atoms with Gasteiger partial charge in [-0.1, -0.05) is 38.0 Å². The molecule has 2 nitrogen and oxygen atoms in total. The van der Waals surface area contributed by atoms with Gasteiger partial charge < -0.3 is 10.6 Å². The van der Waals surface area contributed by atoms with Crippen molar-refractivity contribution in [1.82, 2.24) is 0 Å². The maximum absolute atomic E-state index is 6.75. The van der Waals surface area contributed by atoms with Gasteiger partial charge in [0.15, 0.2) is 0 Å². The highest BCUT2D eigenvalue weighted by atomic mass is 15.2. The van der Waals surface area contributed by atoms with Gasteiger partial charge in [-0.25, -0.2) is 0 Å². The molecule has 20 heavy (non-hydrogen) atoms. The summed E-state index contributed by atoms with van der Waals surface area (Å²) in [4.78, 5) is 2.57. The topological polar surface area (TPSA) is 29.3 Å². The summed E-state index contributed by atoms with van der Waals surface area (Å²) in [5.41, 5.74) is 9.72. The Morgan fingerprint density at radius 3 is 2.95 bits per heavy atom. The Hall–Kier alpha value is -1.02. The predicted octanol–water partition coefficient (Wildman–Crippen LogP) is 3.74. The predicted molar refractivity (Wildman–Crippen MR) is 86.1 cm³/mol. The van der Waals surface area contributed by atoms with Crippen LogP contribution in [0, 0.1) is 5.92 Å². The summed E-state index contributed by atoms with van der Waals surface area (Å²) in [6, 6.07) is 8.92. The summed E-state index contributed by atoms with van der Waals surface area (Å²) in [5, 5.41) is 0. The third-order valence-corrected chi connectivity index (χ3v) is 5.09. The number of aryl methyl sites for hydroxylation is 1. The normalized spacial score (nSPS) is 30.7. The van der Waals surface area contributed by atoms with Gasteiger partial charge in [0.1, 0.15) is 0 Å². The molecule has 1 aliphatic carbocycles. The lowest BCUT2D eigenvalue weighted by Gasteiger charge is -2.41. The first-order valence-electron chi connectivity index (χ1n) is 8.28. The van der Waals surface area contributed by atoms with Crippen LogP contribution >= 0.6 is 0 Å². The Balaban J connectivity index is 1.79. The molecule has 0 radical (unpaired) electrons. The summed E-state index contributed by atoms with van der Waals surface area (Å²) in [6.45, 7) is 4.57. The molecular weight excluding hydrogens is 244 g/mol. The van der Waals surface area contributed by atoms with Crippen LogP contribution in [-0.2, 0) is 6.42 Å². The molecule has 1 aromatic carbocycles. The molecule has 2 unspecified atom stereocenters. The van der Waals surface area contributed by atoms with E-state index in [1.807, 2.05) is 0 Å². The van der Waals surface area contributed by atoms with E-state index in [1.54, 1.807) is 0 Å². The van der Waals surface area contributed by atoms with E-state index in [4.69, 9.17) is 5.73 Å². The summed E-state index contributed by atoms with van der Waals surface area (Å²) < 4.78 is 0. The molecule has 2 atom stereocenters. The van der Waals surface area contributed by atoms with Gasteiger partial charge in [-0.2, -0.15) is 0 Å². The van der Waals surface area contributed by atoms with Crippen molar-refractivity contribution in [3.63, 3.8) is 0 Å². The Labute approximate surface area is 123 Å². The van der Waals surface area contributed by atoms with Crippen LogP contribution in [0.3, 0.4) is 0 Å². The zero-order valence-corrected chi connectivity index (χ0v) is 12.8. The maximum Gasteiger partial charge on any atom is 0.0399 e. The van der Waals surface area contributed by atoms with E-state index in [9.17, 15) is 0 Å². The Morgan fingerprint density at radius 1 is 1.25 bits per heavy atom. The van der Waals surface area contributed by atoms with Crippen LogP contribution in [0.15, 0.2) is 24.3 Å². The van der Waals surface area contributed by atoms with Crippen molar-refractivity contribution in [2.24, 2.45) is 11.7 Å². The fourth-order valence-corrected chi connectivity index (χ4v) is 4.16. The number of hydrogen-bond acceptors (Lipinski definition) is 2. The molecule has 2 aliphatic rings. The lowest BCUT2D eigenvalue weighted by atomic mass is 9.76. The molecule has 1 saturated carbocycles. The Kier molecular flexibility index (Phi) is 4.02. The van der Waals surface area contributed by atoms with Crippen molar-refractivity contribution in [2.75, 3.05) is 18.0 Å². The molecule has 0 aromatic heterocycles. The highest BCUT2D eigenvalue weighted by Crippen LogP contribution is 2.34. The van der Waals surface area contributed by atoms with Gasteiger partial charge in [-0.15, -0.1) is 0 Å². The lowest BCUT2D eigenvalue weighted by Crippen LogP contribution is -2.53. The molecule has 1 aliphatic heterocycles. The van der Waals surface area contributed by atoms with Crippen LogP contribution in [0.4, 0.5) is 5.69 Å². The van der Waals surface area contributed by atoms with Crippen LogP contribution < -0.4 is 10.6 Å². The van der Waals surface area contributed by atoms with E-state index >= 15 is 0 Å². The van der Waals surface area contributed by atoms with E-state index < -0.39 is 0 Å². The van der Waals surface area contributed by atoms with Crippen LogP contribution in [0.5, 0.6) is 0 Å². The van der Waals surface area contributed by atoms with Gasteiger partial charge in [0.25, 0.3) is 0 Å². The molecule has 2 heteroatoms. The average Bonchev–Trinajstić information content (AvgIpc) is 2.61. The van der Waals surface area contributed by atoms with Gasteiger partial charge in [-0.05, 0) is 49.7 Å². The minimum absolute atomic E-state index is 0.0229. The van der Waals surface area contributed by atoms with Crippen molar-refractivity contribution >= 4 is 5.69 Å². The summed E-state index contributed by atoms with van der Waals surface area (Å²) in [5.74, 6) is 0.788. The minimum atomic E-state index is 0.0229. The first kappa shape index (κ1) is 13.9. The molecule has 3 rings (SSSR count). The number of nitrogens with two attached hydrogens (primary N) is 1. The fourth-order valence-electron chi connectivity index (χ4n) is 4.16. The molecular formula is C18H28N2. The number of benzene rings is 1. The van der Waals surface area contributed by atoms with Gasteiger partial charge in [0.05, 0.1) is 0 Å². The molecule has 0 saturated heterocycles. The highest BCUT2D eigenvalue weighted by Gasteiger charge is 2.33. The largest absolute Gasteiger partial charge is 0.369 e. The van der Waals surface area contributed by atoms with Crippen LogP contribution in [0.1, 0.15) is 51.0 Å². The second kappa shape index (κ2) is 5.77. The molecule has 1 aromatic rings. The second-order valence-corrected chi connectivity index (χ2v) is 7.07. The lowest BCUT2D eigenvalue weighted by molar-refractivity contribution is 0.239. The number of anilines is 1. The van der Waals surface area contributed by atoms with Crippen molar-refractivity contribution in [3.8, 4) is 0 Å². The highest BCUT2D eigenvalue weighted by molar-refractivity contribution is 5.54. The van der Waals surface area contributed by atoms with Crippen LogP contribution in [0.25, 0.3) is 0 Å². The zero-order chi connectivity index (χ0) is 14.0. The number of hydrogen-bond donors (Lipinski definition) is 1. The molecule has 1 heterocycles. The van der Waals surface area contributed by atoms with E-state index in [0.29, 0.717) is 0 Å². The molecule has 0 bridgehead atoms. The number of para-hydroxylation sites is 1. The minimum Gasteiger partial charge on any atom is -0.369 e. The molecule has 0 spiro atoms.